The van der Waals surface area contributed by atoms with Crippen molar-refractivity contribution in [2.24, 2.45) is 0 Å². The van der Waals surface area contributed by atoms with Crippen LogP contribution in [0.5, 0.6) is 0 Å². The summed E-state index contributed by atoms with van der Waals surface area (Å²) < 4.78 is 0. The van der Waals surface area contributed by atoms with Crippen molar-refractivity contribution in [3.05, 3.63) is 84.4 Å². The molecule has 4 rings (SSSR count). The summed E-state index contributed by atoms with van der Waals surface area (Å²) in [6.45, 7) is 2.01. The van der Waals surface area contributed by atoms with Crippen LogP contribution in [-0.2, 0) is 4.79 Å². The van der Waals surface area contributed by atoms with Crippen LogP contribution in [0.15, 0.2) is 84.0 Å². The molecule has 1 amide bonds. The Kier molecular flexibility index (Phi) is 5.72. The number of para-hydroxylation sites is 2. The maximum Gasteiger partial charge on any atom is 0.234 e. The summed E-state index contributed by atoms with van der Waals surface area (Å²) in [5.74, 6) is 0.869. The first-order valence-electron chi connectivity index (χ1n) is 9.25. The Morgan fingerprint density at radius 3 is 2.38 bits per heavy atom. The van der Waals surface area contributed by atoms with E-state index in [0.29, 0.717) is 5.16 Å². The number of carbonyl (C=O) groups excluding carboxylic acids is 1. The van der Waals surface area contributed by atoms with E-state index in [-0.39, 0.29) is 11.7 Å². The predicted molar refractivity (Wildman–Crippen MR) is 120 cm³/mol. The largest absolute Gasteiger partial charge is 0.340 e. The number of amides is 1. The summed E-state index contributed by atoms with van der Waals surface area (Å²) in [4.78, 5) is 21.6. The van der Waals surface area contributed by atoms with Gasteiger partial charge in [0.05, 0.1) is 11.3 Å². The highest BCUT2D eigenvalue weighted by molar-refractivity contribution is 7.99. The second-order valence-corrected chi connectivity index (χ2v) is 7.51. The van der Waals surface area contributed by atoms with Gasteiger partial charge in [0.2, 0.25) is 5.91 Å². The van der Waals surface area contributed by atoms with Gasteiger partial charge in [0.1, 0.15) is 5.82 Å². The first kappa shape index (κ1) is 19.0. The fourth-order valence-electron chi connectivity index (χ4n) is 2.84. The average Bonchev–Trinajstić information content (AvgIpc) is 2.75. The van der Waals surface area contributed by atoms with Gasteiger partial charge in [0.25, 0.3) is 0 Å². The molecule has 0 fully saturated rings. The number of anilines is 3. The molecular formula is C23H20N4OS. The molecule has 0 bridgehead atoms. The van der Waals surface area contributed by atoms with E-state index in [1.807, 2.05) is 85.8 Å². The minimum atomic E-state index is -0.0896. The number of hydrogen-bond donors (Lipinski definition) is 2. The Labute approximate surface area is 173 Å². The predicted octanol–water partition coefficient (Wildman–Crippen LogP) is 5.41. The summed E-state index contributed by atoms with van der Waals surface area (Å²) in [5, 5.41) is 7.75. The number of thioether (sulfide) groups is 1. The fraction of sp³-hybridized carbons (Fsp3) is 0.0870. The minimum absolute atomic E-state index is 0.0896. The third kappa shape index (κ3) is 4.92. The zero-order valence-electron chi connectivity index (χ0n) is 15.9. The lowest BCUT2D eigenvalue weighted by atomic mass is 10.2. The number of aryl methyl sites for hydroxylation is 1. The molecule has 1 aromatic heterocycles. The topological polar surface area (TPSA) is 66.9 Å². The van der Waals surface area contributed by atoms with Gasteiger partial charge in [0, 0.05) is 16.8 Å². The van der Waals surface area contributed by atoms with E-state index in [1.54, 1.807) is 0 Å². The molecule has 0 saturated carbocycles. The van der Waals surface area contributed by atoms with Crippen molar-refractivity contribution >= 4 is 45.8 Å². The molecule has 2 N–H and O–H groups in total. The lowest BCUT2D eigenvalue weighted by Gasteiger charge is -2.11. The van der Waals surface area contributed by atoms with Crippen LogP contribution in [0, 0.1) is 6.92 Å². The van der Waals surface area contributed by atoms with E-state index in [2.05, 4.69) is 20.6 Å². The molecular weight excluding hydrogens is 380 g/mol. The van der Waals surface area contributed by atoms with Gasteiger partial charge in [-0.05, 0) is 43.3 Å². The van der Waals surface area contributed by atoms with E-state index in [0.717, 1.165) is 33.7 Å². The number of fused-ring (bicyclic) bond motifs is 1. The van der Waals surface area contributed by atoms with Crippen LogP contribution >= 0.6 is 11.8 Å². The minimum Gasteiger partial charge on any atom is -0.340 e. The van der Waals surface area contributed by atoms with Gasteiger partial charge in [-0.25, -0.2) is 9.97 Å². The lowest BCUT2D eigenvalue weighted by molar-refractivity contribution is -0.113. The normalized spacial score (nSPS) is 10.7. The van der Waals surface area contributed by atoms with Crippen LogP contribution in [0.4, 0.5) is 17.2 Å². The Morgan fingerprint density at radius 2 is 1.59 bits per heavy atom. The summed E-state index contributed by atoms with van der Waals surface area (Å²) >= 11 is 1.32. The molecule has 4 aromatic rings. The highest BCUT2D eigenvalue weighted by Crippen LogP contribution is 2.27. The Morgan fingerprint density at radius 1 is 0.862 bits per heavy atom. The number of benzene rings is 3. The first-order chi connectivity index (χ1) is 14.2. The molecule has 0 aliphatic rings. The standard InChI is InChI=1S/C23H20N4OS/c1-16-11-13-18(14-12-16)24-21(28)15-29-23-26-20-10-6-5-9-19(20)22(27-23)25-17-7-3-2-4-8-17/h2-14H,15H2,1H3,(H,24,28)(H,25,26,27). The molecule has 0 aliphatic carbocycles. The summed E-state index contributed by atoms with van der Waals surface area (Å²) in [7, 11) is 0. The monoisotopic (exact) mass is 400 g/mol. The van der Waals surface area contributed by atoms with Crippen molar-refractivity contribution in [1.29, 1.82) is 0 Å². The van der Waals surface area contributed by atoms with Crippen molar-refractivity contribution in [2.45, 2.75) is 12.1 Å². The molecule has 0 unspecified atom stereocenters. The molecule has 5 nitrogen and oxygen atoms in total. The average molecular weight is 401 g/mol. The van der Waals surface area contributed by atoms with Crippen LogP contribution in [0.25, 0.3) is 10.9 Å². The molecule has 29 heavy (non-hydrogen) atoms. The van der Waals surface area contributed by atoms with Gasteiger partial charge in [0.15, 0.2) is 5.16 Å². The molecule has 0 saturated heterocycles. The zero-order chi connectivity index (χ0) is 20.1. The van der Waals surface area contributed by atoms with Crippen LogP contribution in [-0.4, -0.2) is 21.6 Å². The first-order valence-corrected chi connectivity index (χ1v) is 10.2. The number of nitrogens with one attached hydrogen (secondary N) is 2. The third-order valence-corrected chi connectivity index (χ3v) is 5.13. The molecule has 0 aliphatic heterocycles. The number of carbonyl (C=O) groups is 1. The van der Waals surface area contributed by atoms with E-state index in [1.165, 1.54) is 11.8 Å². The van der Waals surface area contributed by atoms with Crippen molar-refractivity contribution in [3.63, 3.8) is 0 Å². The van der Waals surface area contributed by atoms with Gasteiger partial charge in [-0.2, -0.15) is 0 Å². The van der Waals surface area contributed by atoms with Crippen molar-refractivity contribution < 1.29 is 4.79 Å². The molecule has 144 valence electrons. The van der Waals surface area contributed by atoms with Crippen molar-refractivity contribution in [1.82, 2.24) is 9.97 Å². The molecule has 0 atom stereocenters. The maximum absolute atomic E-state index is 12.3. The van der Waals surface area contributed by atoms with E-state index in [9.17, 15) is 4.79 Å². The maximum atomic E-state index is 12.3. The summed E-state index contributed by atoms with van der Waals surface area (Å²) in [6.07, 6.45) is 0. The van der Waals surface area contributed by atoms with Crippen molar-refractivity contribution in [2.75, 3.05) is 16.4 Å². The second-order valence-electron chi connectivity index (χ2n) is 6.57. The van der Waals surface area contributed by atoms with Crippen LogP contribution in [0.3, 0.4) is 0 Å². The van der Waals surface area contributed by atoms with Crippen molar-refractivity contribution in [3.8, 4) is 0 Å². The summed E-state index contributed by atoms with van der Waals surface area (Å²) in [5.41, 5.74) is 3.72. The van der Waals surface area contributed by atoms with E-state index in [4.69, 9.17) is 0 Å². The Bertz CT molecular complexity index is 1130. The van der Waals surface area contributed by atoms with Gasteiger partial charge < -0.3 is 10.6 Å². The zero-order valence-corrected chi connectivity index (χ0v) is 16.7. The Hall–Kier alpha value is -3.38. The fourth-order valence-corrected chi connectivity index (χ4v) is 3.49. The smallest absolute Gasteiger partial charge is 0.234 e. The molecule has 3 aromatic carbocycles. The van der Waals surface area contributed by atoms with Gasteiger partial charge in [-0.1, -0.05) is 59.8 Å². The molecule has 0 radical (unpaired) electrons. The quantitative estimate of drug-likeness (QED) is 0.334. The third-order valence-electron chi connectivity index (χ3n) is 4.29. The second kappa shape index (κ2) is 8.75. The number of rotatable bonds is 6. The van der Waals surface area contributed by atoms with Gasteiger partial charge in [-0.3, -0.25) is 4.79 Å². The number of aromatic nitrogens is 2. The number of hydrogen-bond acceptors (Lipinski definition) is 5. The SMILES string of the molecule is Cc1ccc(NC(=O)CSc2nc(Nc3ccccc3)c3ccccc3n2)cc1. The van der Waals surface area contributed by atoms with Crippen LogP contribution in [0.2, 0.25) is 0 Å². The van der Waals surface area contributed by atoms with E-state index < -0.39 is 0 Å². The highest BCUT2D eigenvalue weighted by Gasteiger charge is 2.11. The highest BCUT2D eigenvalue weighted by atomic mass is 32.2. The molecule has 6 heteroatoms. The van der Waals surface area contributed by atoms with Gasteiger partial charge >= 0.3 is 0 Å². The number of nitrogens with zero attached hydrogens (tertiary/aromatic N) is 2. The molecule has 0 spiro atoms. The summed E-state index contributed by atoms with van der Waals surface area (Å²) in [6, 6.07) is 25.4. The lowest BCUT2D eigenvalue weighted by Crippen LogP contribution is -2.14. The molecule has 1 heterocycles. The van der Waals surface area contributed by atoms with Gasteiger partial charge in [-0.15, -0.1) is 0 Å². The van der Waals surface area contributed by atoms with E-state index >= 15 is 0 Å². The van der Waals surface area contributed by atoms with Crippen LogP contribution < -0.4 is 10.6 Å². The van der Waals surface area contributed by atoms with Crippen LogP contribution in [0.1, 0.15) is 5.56 Å². The Balaban J connectivity index is 1.51.